The second kappa shape index (κ2) is 10.0. The van der Waals surface area contributed by atoms with Crippen LogP contribution < -0.4 is 10.6 Å². The summed E-state index contributed by atoms with van der Waals surface area (Å²) in [6.07, 6.45) is 9.03. The Kier molecular flexibility index (Phi) is 8.59. The zero-order valence-electron chi connectivity index (χ0n) is 12.8. The van der Waals surface area contributed by atoms with E-state index in [4.69, 9.17) is 4.74 Å². The molecule has 0 radical (unpaired) electrons. The van der Waals surface area contributed by atoms with Crippen LogP contribution in [-0.4, -0.2) is 26.4 Å². The highest BCUT2D eigenvalue weighted by Gasteiger charge is 2.07. The van der Waals surface area contributed by atoms with Crippen molar-refractivity contribution in [1.82, 2.24) is 10.6 Å². The predicted molar refractivity (Wildman–Crippen MR) is 82.0 cm³/mol. The van der Waals surface area contributed by atoms with Crippen LogP contribution in [0.2, 0.25) is 0 Å². The molecule has 0 heterocycles. The lowest BCUT2D eigenvalue weighted by Gasteiger charge is -2.17. The van der Waals surface area contributed by atoms with Gasteiger partial charge in [-0.1, -0.05) is 38.8 Å². The van der Waals surface area contributed by atoms with E-state index in [-0.39, 0.29) is 0 Å². The van der Waals surface area contributed by atoms with Gasteiger partial charge in [0.05, 0.1) is 5.76 Å². The van der Waals surface area contributed by atoms with E-state index in [1.54, 1.807) is 0 Å². The van der Waals surface area contributed by atoms with E-state index in [1.807, 2.05) is 0 Å². The smallest absolute Gasteiger partial charge is 0.139 e. The van der Waals surface area contributed by atoms with Crippen molar-refractivity contribution in [2.45, 2.75) is 46.5 Å². The first kappa shape index (κ1) is 16.3. The van der Waals surface area contributed by atoms with Gasteiger partial charge in [0.1, 0.15) is 6.73 Å². The average molecular weight is 266 g/mol. The molecule has 1 aliphatic rings. The topological polar surface area (TPSA) is 33.3 Å². The Balaban J connectivity index is 2.15. The van der Waals surface area contributed by atoms with Crippen molar-refractivity contribution in [3.63, 3.8) is 0 Å². The molecule has 3 heteroatoms. The standard InChI is InChI=1S/C16H30N2O/c1-4-14(3)10-11-18-12-15-6-8-16(9-7-15)19-13-17-5-2/h6,8,14,17-18H,4-5,7,9-13H2,1-3H3. The molecule has 0 saturated carbocycles. The Labute approximate surface area is 118 Å². The number of nitrogens with one attached hydrogen (secondary N) is 2. The molecule has 19 heavy (non-hydrogen) atoms. The van der Waals surface area contributed by atoms with Gasteiger partial charge in [-0.15, -0.1) is 0 Å². The Hall–Kier alpha value is -0.800. The summed E-state index contributed by atoms with van der Waals surface area (Å²) in [5.74, 6) is 1.93. The molecule has 0 spiro atoms. The van der Waals surface area contributed by atoms with E-state index in [0.717, 1.165) is 44.2 Å². The van der Waals surface area contributed by atoms with Crippen LogP contribution >= 0.6 is 0 Å². The van der Waals surface area contributed by atoms with Crippen LogP contribution in [0.15, 0.2) is 23.5 Å². The maximum Gasteiger partial charge on any atom is 0.139 e. The number of ether oxygens (including phenoxy) is 1. The molecule has 0 aromatic rings. The van der Waals surface area contributed by atoms with Crippen molar-refractivity contribution < 1.29 is 4.74 Å². The van der Waals surface area contributed by atoms with Crippen LogP contribution in [0.4, 0.5) is 0 Å². The van der Waals surface area contributed by atoms with E-state index < -0.39 is 0 Å². The predicted octanol–water partition coefficient (Wildman–Crippen LogP) is 3.20. The maximum absolute atomic E-state index is 5.63. The molecular weight excluding hydrogens is 236 g/mol. The summed E-state index contributed by atoms with van der Waals surface area (Å²) in [4.78, 5) is 0. The number of hydrogen-bond acceptors (Lipinski definition) is 3. The van der Waals surface area contributed by atoms with Gasteiger partial charge in [-0.05, 0) is 37.9 Å². The molecule has 1 aliphatic carbocycles. The summed E-state index contributed by atoms with van der Waals surface area (Å²) < 4.78 is 5.63. The second-order valence-electron chi connectivity index (χ2n) is 5.33. The highest BCUT2D eigenvalue weighted by molar-refractivity contribution is 5.21. The molecule has 0 saturated heterocycles. The molecule has 3 nitrogen and oxygen atoms in total. The Morgan fingerprint density at radius 2 is 2.05 bits per heavy atom. The maximum atomic E-state index is 5.63. The molecule has 1 rings (SSSR count). The van der Waals surface area contributed by atoms with Crippen molar-refractivity contribution in [3.05, 3.63) is 23.5 Å². The van der Waals surface area contributed by atoms with Crippen molar-refractivity contribution in [3.8, 4) is 0 Å². The third kappa shape index (κ3) is 7.38. The third-order valence-corrected chi connectivity index (χ3v) is 3.67. The first-order chi connectivity index (χ1) is 9.26. The number of rotatable bonds is 10. The third-order valence-electron chi connectivity index (χ3n) is 3.67. The zero-order valence-corrected chi connectivity index (χ0v) is 12.8. The van der Waals surface area contributed by atoms with Crippen LogP contribution in [0.1, 0.15) is 46.5 Å². The van der Waals surface area contributed by atoms with Crippen LogP contribution in [0, 0.1) is 5.92 Å². The molecule has 0 amide bonds. The first-order valence-electron chi connectivity index (χ1n) is 7.69. The highest BCUT2D eigenvalue weighted by atomic mass is 16.5. The van der Waals surface area contributed by atoms with Gasteiger partial charge in [-0.2, -0.15) is 0 Å². The normalized spacial score (nSPS) is 16.8. The van der Waals surface area contributed by atoms with E-state index in [1.165, 1.54) is 18.4 Å². The molecule has 1 unspecified atom stereocenters. The molecule has 1 atom stereocenters. The van der Waals surface area contributed by atoms with Crippen LogP contribution in [0.25, 0.3) is 0 Å². The molecule has 0 aromatic heterocycles. The molecule has 110 valence electrons. The SMILES string of the molecule is CCNCOC1=CC=C(CNCCC(C)CC)CC1. The summed E-state index contributed by atoms with van der Waals surface area (Å²) in [5.41, 5.74) is 1.49. The minimum Gasteiger partial charge on any atom is -0.483 e. The summed E-state index contributed by atoms with van der Waals surface area (Å²) in [5, 5.41) is 6.71. The van der Waals surface area contributed by atoms with Crippen LogP contribution in [0.5, 0.6) is 0 Å². The number of allylic oxidation sites excluding steroid dienone is 3. The van der Waals surface area contributed by atoms with E-state index in [9.17, 15) is 0 Å². The molecule has 0 aliphatic heterocycles. The fourth-order valence-electron chi connectivity index (χ4n) is 1.98. The summed E-state index contributed by atoms with van der Waals surface area (Å²) >= 11 is 0. The zero-order chi connectivity index (χ0) is 13.9. The molecule has 0 aromatic carbocycles. The van der Waals surface area contributed by atoms with Gasteiger partial charge in [0, 0.05) is 13.0 Å². The van der Waals surface area contributed by atoms with Gasteiger partial charge in [0.15, 0.2) is 0 Å². The minimum atomic E-state index is 0.624. The summed E-state index contributed by atoms with van der Waals surface area (Å²) in [6.45, 7) is 10.4. The first-order valence-corrected chi connectivity index (χ1v) is 7.69. The van der Waals surface area contributed by atoms with Crippen LogP contribution in [-0.2, 0) is 4.74 Å². The van der Waals surface area contributed by atoms with E-state index in [0.29, 0.717) is 6.73 Å². The average Bonchev–Trinajstić information content (AvgIpc) is 2.45. The monoisotopic (exact) mass is 266 g/mol. The lowest BCUT2D eigenvalue weighted by Crippen LogP contribution is -2.21. The number of hydrogen-bond donors (Lipinski definition) is 2. The molecule has 0 bridgehead atoms. The molecule has 2 N–H and O–H groups in total. The van der Waals surface area contributed by atoms with Gasteiger partial charge < -0.3 is 10.1 Å². The van der Waals surface area contributed by atoms with Crippen molar-refractivity contribution in [1.29, 1.82) is 0 Å². The van der Waals surface area contributed by atoms with Crippen molar-refractivity contribution >= 4 is 0 Å². The minimum absolute atomic E-state index is 0.624. The van der Waals surface area contributed by atoms with Gasteiger partial charge >= 0.3 is 0 Å². The second-order valence-corrected chi connectivity index (χ2v) is 5.33. The van der Waals surface area contributed by atoms with Crippen molar-refractivity contribution in [2.75, 3.05) is 26.4 Å². The fourth-order valence-corrected chi connectivity index (χ4v) is 1.98. The lowest BCUT2D eigenvalue weighted by molar-refractivity contribution is 0.180. The van der Waals surface area contributed by atoms with Gasteiger partial charge in [0.2, 0.25) is 0 Å². The Morgan fingerprint density at radius 3 is 2.68 bits per heavy atom. The van der Waals surface area contributed by atoms with Crippen molar-refractivity contribution in [2.24, 2.45) is 5.92 Å². The lowest BCUT2D eigenvalue weighted by atomic mass is 10.0. The summed E-state index contributed by atoms with van der Waals surface area (Å²) in [7, 11) is 0. The van der Waals surface area contributed by atoms with E-state index >= 15 is 0 Å². The Morgan fingerprint density at radius 1 is 1.21 bits per heavy atom. The quantitative estimate of drug-likeness (QED) is 0.470. The molecule has 0 fully saturated rings. The fraction of sp³-hybridized carbons (Fsp3) is 0.750. The summed E-state index contributed by atoms with van der Waals surface area (Å²) in [6, 6.07) is 0. The Bertz CT molecular complexity index is 297. The van der Waals surface area contributed by atoms with Gasteiger partial charge in [-0.3, -0.25) is 5.32 Å². The molecular formula is C16H30N2O. The van der Waals surface area contributed by atoms with Gasteiger partial charge in [-0.25, -0.2) is 0 Å². The largest absolute Gasteiger partial charge is 0.483 e. The van der Waals surface area contributed by atoms with E-state index in [2.05, 4.69) is 43.6 Å². The highest BCUT2D eigenvalue weighted by Crippen LogP contribution is 2.18. The van der Waals surface area contributed by atoms with Gasteiger partial charge in [0.25, 0.3) is 0 Å². The van der Waals surface area contributed by atoms with Crippen LogP contribution in [0.3, 0.4) is 0 Å².